The summed E-state index contributed by atoms with van der Waals surface area (Å²) in [6.07, 6.45) is 4.87. The summed E-state index contributed by atoms with van der Waals surface area (Å²) in [5.74, 6) is 0. The highest BCUT2D eigenvalue weighted by atomic mass is 32.1. The van der Waals surface area contributed by atoms with Gasteiger partial charge in [-0.1, -0.05) is 54.5 Å². The van der Waals surface area contributed by atoms with Crippen LogP contribution in [-0.2, 0) is 4.74 Å². The summed E-state index contributed by atoms with van der Waals surface area (Å²) in [4.78, 5) is 2.39. The average molecular weight is 329 g/mol. The van der Waals surface area contributed by atoms with Crippen molar-refractivity contribution in [3.05, 3.63) is 30.3 Å². The van der Waals surface area contributed by atoms with Crippen LogP contribution in [0.2, 0.25) is 0 Å². The molecule has 1 aliphatic heterocycles. The van der Waals surface area contributed by atoms with Crippen molar-refractivity contribution in [3.63, 3.8) is 0 Å². The minimum Gasteiger partial charge on any atom is -0.365 e. The third-order valence-corrected chi connectivity index (χ3v) is 5.80. The van der Waals surface area contributed by atoms with E-state index in [1.807, 2.05) is 18.2 Å². The SMILES string of the molecule is CC1(C)CN(c2nnc(-c3ccccc3)s2)CC2(CCCC2)O1. The Kier molecular flexibility index (Phi) is 3.65. The Hall–Kier alpha value is -1.46. The van der Waals surface area contributed by atoms with Gasteiger partial charge < -0.3 is 9.64 Å². The number of hydrogen-bond acceptors (Lipinski definition) is 5. The van der Waals surface area contributed by atoms with E-state index in [1.54, 1.807) is 11.3 Å². The van der Waals surface area contributed by atoms with Gasteiger partial charge in [0.2, 0.25) is 5.13 Å². The highest BCUT2D eigenvalue weighted by molar-refractivity contribution is 7.18. The van der Waals surface area contributed by atoms with Crippen molar-refractivity contribution >= 4 is 16.5 Å². The number of benzene rings is 1. The van der Waals surface area contributed by atoms with Crippen LogP contribution in [0.5, 0.6) is 0 Å². The van der Waals surface area contributed by atoms with E-state index in [4.69, 9.17) is 4.74 Å². The molecule has 4 nitrogen and oxygen atoms in total. The van der Waals surface area contributed by atoms with Gasteiger partial charge in [0.1, 0.15) is 5.01 Å². The molecule has 1 spiro atoms. The molecule has 1 saturated carbocycles. The fourth-order valence-electron chi connectivity index (χ4n) is 3.97. The number of aromatic nitrogens is 2. The lowest BCUT2D eigenvalue weighted by Crippen LogP contribution is -2.58. The Bertz CT molecular complexity index is 677. The molecule has 4 rings (SSSR count). The molecule has 0 atom stereocenters. The zero-order valence-electron chi connectivity index (χ0n) is 13.8. The molecule has 23 heavy (non-hydrogen) atoms. The fraction of sp³-hybridized carbons (Fsp3) is 0.556. The first-order valence-corrected chi connectivity index (χ1v) is 9.21. The molecule has 2 aliphatic rings. The van der Waals surface area contributed by atoms with E-state index in [0.29, 0.717) is 0 Å². The van der Waals surface area contributed by atoms with Gasteiger partial charge in [0, 0.05) is 18.7 Å². The van der Waals surface area contributed by atoms with Gasteiger partial charge in [-0.15, -0.1) is 10.2 Å². The summed E-state index contributed by atoms with van der Waals surface area (Å²) in [7, 11) is 0. The molecule has 2 heterocycles. The number of anilines is 1. The second-order valence-electron chi connectivity index (χ2n) is 7.36. The molecule has 122 valence electrons. The van der Waals surface area contributed by atoms with Crippen molar-refractivity contribution in [2.75, 3.05) is 18.0 Å². The summed E-state index contributed by atoms with van der Waals surface area (Å²) in [5.41, 5.74) is 1.01. The third-order valence-electron chi connectivity index (χ3n) is 4.76. The van der Waals surface area contributed by atoms with Gasteiger partial charge in [0.25, 0.3) is 0 Å². The van der Waals surface area contributed by atoms with Crippen LogP contribution in [0.15, 0.2) is 30.3 Å². The lowest BCUT2D eigenvalue weighted by molar-refractivity contribution is -0.148. The molecule has 1 aliphatic carbocycles. The van der Waals surface area contributed by atoms with E-state index >= 15 is 0 Å². The zero-order valence-corrected chi connectivity index (χ0v) is 14.6. The largest absolute Gasteiger partial charge is 0.365 e. The number of morpholine rings is 1. The van der Waals surface area contributed by atoms with Crippen LogP contribution >= 0.6 is 11.3 Å². The van der Waals surface area contributed by atoms with Crippen LogP contribution in [0.4, 0.5) is 5.13 Å². The summed E-state index contributed by atoms with van der Waals surface area (Å²) in [6.45, 7) is 6.20. The van der Waals surface area contributed by atoms with Crippen LogP contribution in [0.25, 0.3) is 10.6 Å². The second-order valence-corrected chi connectivity index (χ2v) is 8.32. The molecular weight excluding hydrogens is 306 g/mol. The summed E-state index contributed by atoms with van der Waals surface area (Å²) in [6, 6.07) is 10.3. The number of hydrogen-bond donors (Lipinski definition) is 0. The van der Waals surface area contributed by atoms with Crippen LogP contribution in [0.3, 0.4) is 0 Å². The molecule has 0 bridgehead atoms. The van der Waals surface area contributed by atoms with Gasteiger partial charge in [-0.3, -0.25) is 0 Å². The van der Waals surface area contributed by atoms with Crippen LogP contribution < -0.4 is 4.90 Å². The Labute approximate surface area is 141 Å². The molecule has 0 N–H and O–H groups in total. The summed E-state index contributed by atoms with van der Waals surface area (Å²) in [5, 5.41) is 10.9. The van der Waals surface area contributed by atoms with Crippen LogP contribution in [0, 0.1) is 0 Å². The first kappa shape index (κ1) is 15.1. The predicted octanol–water partition coefficient (Wildman–Crippen LogP) is 4.13. The highest BCUT2D eigenvalue weighted by Gasteiger charge is 2.46. The molecular formula is C18H23N3OS. The summed E-state index contributed by atoms with van der Waals surface area (Å²) < 4.78 is 6.48. The lowest BCUT2D eigenvalue weighted by atomic mass is 9.94. The molecule has 0 amide bonds. The molecule has 2 fully saturated rings. The highest BCUT2D eigenvalue weighted by Crippen LogP contribution is 2.42. The van der Waals surface area contributed by atoms with Gasteiger partial charge in [-0.05, 0) is 26.7 Å². The Morgan fingerprint density at radius 2 is 1.78 bits per heavy atom. The van der Waals surface area contributed by atoms with Gasteiger partial charge >= 0.3 is 0 Å². The normalized spacial score (nSPS) is 22.6. The van der Waals surface area contributed by atoms with Crippen molar-refractivity contribution in [1.29, 1.82) is 0 Å². The van der Waals surface area contributed by atoms with E-state index in [1.165, 1.54) is 12.8 Å². The average Bonchev–Trinajstić information content (AvgIpc) is 3.16. The molecule has 0 radical (unpaired) electrons. The third kappa shape index (κ3) is 3.00. The Morgan fingerprint density at radius 1 is 1.04 bits per heavy atom. The fourth-order valence-corrected chi connectivity index (χ4v) is 4.82. The van der Waals surface area contributed by atoms with E-state index in [-0.39, 0.29) is 11.2 Å². The van der Waals surface area contributed by atoms with Gasteiger partial charge in [-0.2, -0.15) is 0 Å². The Morgan fingerprint density at radius 3 is 2.52 bits per heavy atom. The first-order chi connectivity index (χ1) is 11.1. The Balaban J connectivity index is 1.61. The predicted molar refractivity (Wildman–Crippen MR) is 93.9 cm³/mol. The first-order valence-electron chi connectivity index (χ1n) is 8.39. The molecule has 1 saturated heterocycles. The molecule has 0 unspecified atom stereocenters. The van der Waals surface area contributed by atoms with Crippen molar-refractivity contribution in [3.8, 4) is 10.6 Å². The summed E-state index contributed by atoms with van der Waals surface area (Å²) >= 11 is 1.68. The van der Waals surface area contributed by atoms with Crippen molar-refractivity contribution in [2.45, 2.75) is 50.7 Å². The van der Waals surface area contributed by atoms with Crippen LogP contribution in [0.1, 0.15) is 39.5 Å². The zero-order chi connectivity index (χ0) is 15.9. The van der Waals surface area contributed by atoms with Gasteiger partial charge in [0.15, 0.2) is 0 Å². The molecule has 1 aromatic carbocycles. The molecule has 1 aromatic heterocycles. The smallest absolute Gasteiger partial charge is 0.208 e. The maximum absolute atomic E-state index is 6.48. The van der Waals surface area contributed by atoms with E-state index in [2.05, 4.69) is 41.1 Å². The number of ether oxygens (including phenoxy) is 1. The second kappa shape index (κ2) is 5.56. The van der Waals surface area contributed by atoms with Crippen molar-refractivity contribution in [2.24, 2.45) is 0 Å². The minimum absolute atomic E-state index is 0.0142. The van der Waals surface area contributed by atoms with Crippen molar-refractivity contribution in [1.82, 2.24) is 10.2 Å². The molecule has 5 heteroatoms. The van der Waals surface area contributed by atoms with Gasteiger partial charge in [0.05, 0.1) is 11.2 Å². The number of nitrogens with zero attached hydrogens (tertiary/aromatic N) is 3. The van der Waals surface area contributed by atoms with Crippen molar-refractivity contribution < 1.29 is 4.74 Å². The topological polar surface area (TPSA) is 38.2 Å². The maximum atomic E-state index is 6.48. The monoisotopic (exact) mass is 329 g/mol. The van der Waals surface area contributed by atoms with E-state index in [9.17, 15) is 0 Å². The lowest BCUT2D eigenvalue weighted by Gasteiger charge is -2.48. The quantitative estimate of drug-likeness (QED) is 0.830. The molecule has 2 aromatic rings. The maximum Gasteiger partial charge on any atom is 0.208 e. The van der Waals surface area contributed by atoms with Gasteiger partial charge in [-0.25, -0.2) is 0 Å². The van der Waals surface area contributed by atoms with Crippen LogP contribution in [-0.4, -0.2) is 34.5 Å². The van der Waals surface area contributed by atoms with E-state index < -0.39 is 0 Å². The standard InChI is InChI=1S/C18H23N3OS/c1-17(2)12-21(13-18(22-17)10-6-7-11-18)16-20-19-15(23-16)14-8-4-3-5-9-14/h3-5,8-9H,6-7,10-13H2,1-2H3. The van der Waals surface area contributed by atoms with E-state index in [0.717, 1.165) is 41.6 Å². The minimum atomic E-state index is -0.138. The number of rotatable bonds is 2.